The van der Waals surface area contributed by atoms with E-state index in [1.807, 2.05) is 17.4 Å². The van der Waals surface area contributed by atoms with E-state index in [2.05, 4.69) is 26.1 Å². The summed E-state index contributed by atoms with van der Waals surface area (Å²) < 4.78 is 5.55. The zero-order valence-electron chi connectivity index (χ0n) is 8.83. The summed E-state index contributed by atoms with van der Waals surface area (Å²) >= 11 is 0. The molecule has 0 bridgehead atoms. The summed E-state index contributed by atoms with van der Waals surface area (Å²) in [6, 6.07) is 8.22. The van der Waals surface area contributed by atoms with Crippen LogP contribution >= 0.6 is 0 Å². The summed E-state index contributed by atoms with van der Waals surface area (Å²) in [6.45, 7) is 3.91. The molecule has 0 aliphatic carbocycles. The average molecular weight is 195 g/mol. The third kappa shape index (κ3) is 3.79. The summed E-state index contributed by atoms with van der Waals surface area (Å²) in [7, 11) is 3.71. The van der Waals surface area contributed by atoms with Crippen molar-refractivity contribution in [2.75, 3.05) is 6.61 Å². The lowest BCUT2D eigenvalue weighted by Crippen LogP contribution is -2.74. The number of rotatable bonds is 6. The molecular weight excluding hydrogens is 174 g/mol. The normalized spacial score (nSPS) is 10.1. The van der Waals surface area contributed by atoms with Gasteiger partial charge < -0.3 is 10.1 Å². The molecule has 0 unspecified atom stereocenters. The fraction of sp³-hybridized carbons (Fsp3) is 0.417. The van der Waals surface area contributed by atoms with Crippen LogP contribution in [0.25, 0.3) is 0 Å². The van der Waals surface area contributed by atoms with Gasteiger partial charge in [-0.15, -0.1) is 0 Å². The SMILES string of the molecule is [CH2-][NH2+]Cc1ccc(OCCCC)cc1.[HH]. The van der Waals surface area contributed by atoms with Crippen LogP contribution in [0, 0.1) is 7.05 Å². The molecule has 0 spiro atoms. The molecule has 2 heteroatoms. The molecule has 2 nitrogen and oxygen atoms in total. The highest BCUT2D eigenvalue weighted by molar-refractivity contribution is 5.26. The van der Waals surface area contributed by atoms with Crippen molar-refractivity contribution in [1.29, 1.82) is 0 Å². The number of nitrogens with two attached hydrogens (primary N) is 1. The molecule has 0 saturated carbocycles. The molecule has 80 valence electrons. The van der Waals surface area contributed by atoms with E-state index in [0.717, 1.165) is 25.3 Å². The van der Waals surface area contributed by atoms with Crippen molar-refractivity contribution < 1.29 is 11.5 Å². The first kappa shape index (κ1) is 11.1. The van der Waals surface area contributed by atoms with Gasteiger partial charge in [-0.3, -0.25) is 0 Å². The van der Waals surface area contributed by atoms with E-state index in [-0.39, 0.29) is 1.43 Å². The van der Waals surface area contributed by atoms with Gasteiger partial charge in [0.05, 0.1) is 13.2 Å². The third-order valence-electron chi connectivity index (χ3n) is 2.07. The van der Waals surface area contributed by atoms with Crippen LogP contribution in [-0.2, 0) is 6.54 Å². The minimum absolute atomic E-state index is 0. The molecular formula is C12H21NO. The Morgan fingerprint density at radius 2 is 2.07 bits per heavy atom. The average Bonchev–Trinajstić information content (AvgIpc) is 2.21. The van der Waals surface area contributed by atoms with E-state index in [4.69, 9.17) is 4.74 Å². The molecule has 1 rings (SSSR count). The molecule has 0 amide bonds. The summed E-state index contributed by atoms with van der Waals surface area (Å²) in [5, 5.41) is 1.91. The van der Waals surface area contributed by atoms with E-state index in [9.17, 15) is 0 Å². The number of ether oxygens (including phenoxy) is 1. The molecule has 0 atom stereocenters. The van der Waals surface area contributed by atoms with Crippen LogP contribution in [0.3, 0.4) is 0 Å². The lowest BCUT2D eigenvalue weighted by atomic mass is 10.2. The third-order valence-corrected chi connectivity index (χ3v) is 2.07. The first-order chi connectivity index (χ1) is 6.86. The molecule has 0 heterocycles. The van der Waals surface area contributed by atoms with Crippen molar-refractivity contribution in [1.82, 2.24) is 0 Å². The smallest absolute Gasteiger partial charge is 0.119 e. The number of hydrogen-bond donors (Lipinski definition) is 1. The molecule has 0 aliphatic rings. The minimum Gasteiger partial charge on any atom is -0.494 e. The van der Waals surface area contributed by atoms with Crippen molar-refractivity contribution in [2.45, 2.75) is 26.3 Å². The summed E-state index contributed by atoms with van der Waals surface area (Å²) in [5.74, 6) is 0.964. The van der Waals surface area contributed by atoms with Gasteiger partial charge in [0.25, 0.3) is 0 Å². The first-order valence-electron chi connectivity index (χ1n) is 5.19. The van der Waals surface area contributed by atoms with Gasteiger partial charge >= 0.3 is 0 Å². The lowest BCUT2D eigenvalue weighted by molar-refractivity contribution is -0.612. The van der Waals surface area contributed by atoms with Gasteiger partial charge in [-0.2, -0.15) is 7.05 Å². The van der Waals surface area contributed by atoms with Crippen LogP contribution in [0.4, 0.5) is 0 Å². The second-order valence-electron chi connectivity index (χ2n) is 3.34. The molecule has 1 aromatic rings. The van der Waals surface area contributed by atoms with Crippen molar-refractivity contribution >= 4 is 0 Å². The van der Waals surface area contributed by atoms with Gasteiger partial charge in [-0.05, 0) is 30.7 Å². The largest absolute Gasteiger partial charge is 0.494 e. The fourth-order valence-corrected chi connectivity index (χ4v) is 1.22. The fourth-order valence-electron chi connectivity index (χ4n) is 1.22. The zero-order valence-corrected chi connectivity index (χ0v) is 8.83. The Bertz CT molecular complexity index is 248. The van der Waals surface area contributed by atoms with E-state index >= 15 is 0 Å². The Morgan fingerprint density at radius 3 is 2.64 bits per heavy atom. The summed E-state index contributed by atoms with van der Waals surface area (Å²) in [6.07, 6.45) is 2.29. The summed E-state index contributed by atoms with van der Waals surface area (Å²) in [4.78, 5) is 0. The highest BCUT2D eigenvalue weighted by atomic mass is 16.5. The quantitative estimate of drug-likeness (QED) is 0.545. The van der Waals surface area contributed by atoms with Gasteiger partial charge in [-0.25, -0.2) is 0 Å². The van der Waals surface area contributed by atoms with Gasteiger partial charge in [0, 0.05) is 6.99 Å². The predicted octanol–water partition coefficient (Wildman–Crippen LogP) is 1.97. The molecule has 0 fully saturated rings. The summed E-state index contributed by atoms with van der Waals surface area (Å²) in [5.41, 5.74) is 1.28. The Kier molecular flexibility index (Phi) is 5.08. The highest BCUT2D eigenvalue weighted by Gasteiger charge is 1.94. The first-order valence-corrected chi connectivity index (χ1v) is 5.19. The van der Waals surface area contributed by atoms with Crippen molar-refractivity contribution in [3.63, 3.8) is 0 Å². The second kappa shape index (κ2) is 6.44. The van der Waals surface area contributed by atoms with Crippen molar-refractivity contribution in [3.8, 4) is 5.75 Å². The standard InChI is InChI=1S/C12H19NO.H2/c1-3-4-9-14-12-7-5-11(6-8-12)10-13-2;/h5-8H,2-4,9-10,13H2,1H3;1H. The maximum absolute atomic E-state index is 5.55. The number of quaternary nitrogens is 1. The van der Waals surface area contributed by atoms with E-state index in [0.29, 0.717) is 0 Å². The molecule has 0 saturated heterocycles. The Morgan fingerprint density at radius 1 is 1.36 bits per heavy atom. The lowest BCUT2D eigenvalue weighted by Gasteiger charge is -2.06. The van der Waals surface area contributed by atoms with Crippen LogP contribution in [0.2, 0.25) is 0 Å². The number of hydrogen-bond acceptors (Lipinski definition) is 1. The van der Waals surface area contributed by atoms with E-state index in [1.54, 1.807) is 0 Å². The van der Waals surface area contributed by atoms with Crippen LogP contribution < -0.4 is 10.1 Å². The van der Waals surface area contributed by atoms with Gasteiger partial charge in [0.15, 0.2) is 0 Å². The molecule has 14 heavy (non-hydrogen) atoms. The second-order valence-corrected chi connectivity index (χ2v) is 3.34. The van der Waals surface area contributed by atoms with Gasteiger partial charge in [0.1, 0.15) is 5.75 Å². The minimum atomic E-state index is 0. The number of benzene rings is 1. The van der Waals surface area contributed by atoms with Crippen LogP contribution in [0.15, 0.2) is 24.3 Å². The van der Waals surface area contributed by atoms with E-state index in [1.165, 1.54) is 12.0 Å². The number of unbranched alkanes of at least 4 members (excludes halogenated alkanes) is 1. The van der Waals surface area contributed by atoms with Crippen LogP contribution in [-0.4, -0.2) is 6.61 Å². The van der Waals surface area contributed by atoms with Gasteiger partial charge in [0.2, 0.25) is 0 Å². The van der Waals surface area contributed by atoms with Crippen molar-refractivity contribution in [2.24, 2.45) is 0 Å². The maximum Gasteiger partial charge on any atom is 0.119 e. The Balaban J connectivity index is 0.00000196. The molecule has 0 aromatic heterocycles. The van der Waals surface area contributed by atoms with E-state index < -0.39 is 0 Å². The molecule has 0 aliphatic heterocycles. The van der Waals surface area contributed by atoms with Gasteiger partial charge in [-0.1, -0.05) is 13.3 Å². The monoisotopic (exact) mass is 195 g/mol. The molecule has 0 radical (unpaired) electrons. The molecule has 2 N–H and O–H groups in total. The highest BCUT2D eigenvalue weighted by Crippen LogP contribution is 2.11. The Hall–Kier alpha value is -1.02. The van der Waals surface area contributed by atoms with Crippen LogP contribution in [0.1, 0.15) is 26.8 Å². The van der Waals surface area contributed by atoms with Crippen LogP contribution in [0.5, 0.6) is 5.75 Å². The van der Waals surface area contributed by atoms with Crippen molar-refractivity contribution in [3.05, 3.63) is 36.9 Å². The zero-order chi connectivity index (χ0) is 10.2. The maximum atomic E-state index is 5.55. The predicted molar refractivity (Wildman–Crippen MR) is 59.9 cm³/mol. The Labute approximate surface area is 87.8 Å². The topological polar surface area (TPSA) is 25.8 Å². The molecule has 1 aromatic carbocycles.